The molecule has 1 saturated heterocycles. The van der Waals surface area contributed by atoms with Crippen molar-refractivity contribution in [2.45, 2.75) is 51.6 Å². The summed E-state index contributed by atoms with van der Waals surface area (Å²) in [6, 6.07) is 9.47. The van der Waals surface area contributed by atoms with E-state index in [1.54, 1.807) is 13.1 Å². The van der Waals surface area contributed by atoms with E-state index in [-0.39, 0.29) is 43.1 Å². The zero-order valence-electron chi connectivity index (χ0n) is 22.4. The Bertz CT molecular complexity index is 1220. The maximum atomic E-state index is 14.4. The Morgan fingerprint density at radius 1 is 1.21 bits per heavy atom. The molecule has 1 aliphatic heterocycles. The Labute approximate surface area is 233 Å². The third kappa shape index (κ3) is 7.28. The van der Waals surface area contributed by atoms with Crippen molar-refractivity contribution in [1.82, 2.24) is 14.7 Å². The monoisotopic (exact) mass is 559 g/mol. The molecule has 210 valence electrons. The average molecular weight is 560 g/mol. The van der Waals surface area contributed by atoms with Gasteiger partial charge in [0.1, 0.15) is 24.7 Å². The number of aryl methyl sites for hydroxylation is 1. The molecule has 4 rings (SSSR count). The van der Waals surface area contributed by atoms with Crippen LogP contribution in [0.4, 0.5) is 9.18 Å². The van der Waals surface area contributed by atoms with Gasteiger partial charge in [0, 0.05) is 26.2 Å². The van der Waals surface area contributed by atoms with Gasteiger partial charge in [-0.3, -0.25) is 19.4 Å². The molecule has 1 atom stereocenters. The number of aliphatic carboxylic acids is 1. The van der Waals surface area contributed by atoms with Crippen LogP contribution in [-0.4, -0.2) is 71.0 Å². The van der Waals surface area contributed by atoms with Crippen molar-refractivity contribution >= 4 is 29.5 Å². The number of urea groups is 1. The summed E-state index contributed by atoms with van der Waals surface area (Å²) in [5, 5.41) is 9.73. The lowest BCUT2D eigenvalue weighted by Crippen LogP contribution is -2.35. The minimum Gasteiger partial charge on any atom is -0.491 e. The van der Waals surface area contributed by atoms with Crippen molar-refractivity contribution in [3.8, 4) is 5.75 Å². The van der Waals surface area contributed by atoms with Crippen LogP contribution >= 0.6 is 11.6 Å². The Morgan fingerprint density at radius 2 is 1.95 bits per heavy atom. The van der Waals surface area contributed by atoms with E-state index in [1.165, 1.54) is 21.9 Å². The number of hydrogen-bond acceptors (Lipinski definition) is 5. The summed E-state index contributed by atoms with van der Waals surface area (Å²) in [7, 11) is 1.59. The molecule has 8 nitrogen and oxygen atoms in total. The fraction of sp³-hybridized carbons (Fsp3) is 0.483. The van der Waals surface area contributed by atoms with Gasteiger partial charge in [-0.15, -0.1) is 0 Å². The largest absolute Gasteiger partial charge is 0.491 e. The van der Waals surface area contributed by atoms with E-state index in [0.29, 0.717) is 30.3 Å². The van der Waals surface area contributed by atoms with Gasteiger partial charge < -0.3 is 14.7 Å². The van der Waals surface area contributed by atoms with Crippen molar-refractivity contribution in [2.24, 2.45) is 5.92 Å². The van der Waals surface area contributed by atoms with Crippen LogP contribution in [0.5, 0.6) is 5.75 Å². The quantitative estimate of drug-likeness (QED) is 0.356. The van der Waals surface area contributed by atoms with Crippen LogP contribution in [-0.2, 0) is 16.1 Å². The van der Waals surface area contributed by atoms with Crippen LogP contribution in [0.1, 0.15) is 54.8 Å². The number of halogens is 2. The number of carbonyl (C=O) groups is 3. The highest BCUT2D eigenvalue weighted by molar-refractivity contribution is 6.30. The first-order valence-corrected chi connectivity index (χ1v) is 13.7. The molecule has 39 heavy (non-hydrogen) atoms. The number of ether oxygens (including phenoxy) is 1. The average Bonchev–Trinajstić information content (AvgIpc) is 3.48. The molecular weight excluding hydrogens is 525 g/mol. The van der Waals surface area contributed by atoms with E-state index in [9.17, 15) is 23.9 Å². The molecule has 1 N–H and O–H groups in total. The van der Waals surface area contributed by atoms with E-state index in [2.05, 4.69) is 4.90 Å². The fourth-order valence-corrected chi connectivity index (χ4v) is 5.63. The number of carboxylic acids is 1. The van der Waals surface area contributed by atoms with Crippen LogP contribution in [0.15, 0.2) is 36.4 Å². The highest BCUT2D eigenvalue weighted by Gasteiger charge is 2.33. The van der Waals surface area contributed by atoms with Crippen molar-refractivity contribution in [3.05, 3.63) is 63.9 Å². The number of hydrogen-bond donors (Lipinski definition) is 1. The molecular formula is C29H35ClFN3O5. The third-order valence-corrected chi connectivity index (χ3v) is 7.84. The molecule has 2 aromatic rings. The molecule has 2 aliphatic rings. The van der Waals surface area contributed by atoms with Gasteiger partial charge in [0.25, 0.3) is 0 Å². The van der Waals surface area contributed by atoms with Gasteiger partial charge in [-0.1, -0.05) is 42.6 Å². The Morgan fingerprint density at radius 3 is 2.56 bits per heavy atom. The zero-order chi connectivity index (χ0) is 28.1. The smallest absolute Gasteiger partial charge is 0.327 e. The molecule has 1 heterocycles. The second-order valence-corrected chi connectivity index (χ2v) is 10.9. The second kappa shape index (κ2) is 12.8. The lowest BCUT2D eigenvalue weighted by molar-refractivity contribution is -0.138. The van der Waals surface area contributed by atoms with E-state index in [4.69, 9.17) is 16.3 Å². The predicted octanol–water partition coefficient (Wildman–Crippen LogP) is 5.27. The summed E-state index contributed by atoms with van der Waals surface area (Å²) in [4.78, 5) is 40.6. The Balaban J connectivity index is 1.50. The highest BCUT2D eigenvalue weighted by Crippen LogP contribution is 2.34. The number of benzene rings is 2. The SMILES string of the molecule is Cc1cc(CN(CC2CCCC2)[C@H](CC(=O)O)c2ccc(Cl)c(F)c2)ccc1OCCN1C(=O)CN(C)C1=O. The molecule has 0 spiro atoms. The normalized spacial score (nSPS) is 16.9. The summed E-state index contributed by atoms with van der Waals surface area (Å²) in [5.74, 6) is -0.649. The summed E-state index contributed by atoms with van der Waals surface area (Å²) in [5.41, 5.74) is 2.46. The number of likely N-dealkylation sites (N-methyl/N-ethyl adjacent to an activating group) is 1. The Kier molecular flexibility index (Phi) is 9.45. The maximum Gasteiger partial charge on any atom is 0.327 e. The minimum atomic E-state index is -0.951. The third-order valence-electron chi connectivity index (χ3n) is 7.53. The standard InChI is InChI=1S/C29H35ClFN3O5/c1-19-13-21(7-10-26(19)39-12-11-34-27(35)18-32(2)29(34)38)17-33(16-20-5-3-4-6-20)25(15-28(36)37)22-8-9-23(30)24(31)14-22/h7-10,13-14,20,25H,3-6,11-12,15-18H2,1-2H3,(H,36,37)/t25-/m1/s1. The van der Waals surface area contributed by atoms with Gasteiger partial charge in [-0.2, -0.15) is 0 Å². The number of nitrogens with zero attached hydrogens (tertiary/aromatic N) is 3. The summed E-state index contributed by atoms with van der Waals surface area (Å²) >= 11 is 5.91. The van der Waals surface area contributed by atoms with Crippen LogP contribution < -0.4 is 4.74 Å². The topological polar surface area (TPSA) is 90.4 Å². The first-order valence-electron chi connectivity index (χ1n) is 13.3. The Hall–Kier alpha value is -3.17. The molecule has 10 heteroatoms. The number of amides is 3. The fourth-order valence-electron chi connectivity index (χ4n) is 5.51. The minimum absolute atomic E-state index is 0.00636. The number of rotatable bonds is 12. The van der Waals surface area contributed by atoms with Crippen molar-refractivity contribution in [2.75, 3.05) is 33.3 Å². The van der Waals surface area contributed by atoms with E-state index < -0.39 is 17.8 Å². The molecule has 0 radical (unpaired) electrons. The molecule has 0 unspecified atom stereocenters. The van der Waals surface area contributed by atoms with Gasteiger partial charge in [-0.05, 0) is 60.6 Å². The second-order valence-electron chi connectivity index (χ2n) is 10.5. The first-order chi connectivity index (χ1) is 18.6. The van der Waals surface area contributed by atoms with Gasteiger partial charge >= 0.3 is 12.0 Å². The molecule has 1 aliphatic carbocycles. The van der Waals surface area contributed by atoms with Crippen molar-refractivity contribution in [3.63, 3.8) is 0 Å². The van der Waals surface area contributed by atoms with E-state index in [0.717, 1.165) is 36.8 Å². The molecule has 2 fully saturated rings. The van der Waals surface area contributed by atoms with Gasteiger partial charge in [0.2, 0.25) is 5.91 Å². The van der Waals surface area contributed by atoms with Crippen molar-refractivity contribution in [1.29, 1.82) is 0 Å². The molecule has 3 amide bonds. The highest BCUT2D eigenvalue weighted by atomic mass is 35.5. The van der Waals surface area contributed by atoms with E-state index >= 15 is 0 Å². The zero-order valence-corrected chi connectivity index (χ0v) is 23.1. The van der Waals surface area contributed by atoms with Crippen LogP contribution in [0, 0.1) is 18.7 Å². The van der Waals surface area contributed by atoms with Crippen LogP contribution in [0.25, 0.3) is 0 Å². The summed E-state index contributed by atoms with van der Waals surface area (Å²) in [6.07, 6.45) is 4.35. The van der Waals surface area contributed by atoms with Crippen molar-refractivity contribution < 1.29 is 28.6 Å². The number of carbonyl (C=O) groups excluding carboxylic acids is 2. The number of imide groups is 1. The predicted molar refractivity (Wildman–Crippen MR) is 145 cm³/mol. The number of carboxylic acid groups (broad SMARTS) is 1. The summed E-state index contributed by atoms with van der Waals surface area (Å²) < 4.78 is 20.3. The molecule has 2 aromatic carbocycles. The maximum absolute atomic E-state index is 14.4. The lowest BCUT2D eigenvalue weighted by Gasteiger charge is -2.33. The molecule has 1 saturated carbocycles. The van der Waals surface area contributed by atoms with Crippen LogP contribution in [0.3, 0.4) is 0 Å². The van der Waals surface area contributed by atoms with E-state index in [1.807, 2.05) is 25.1 Å². The molecule has 0 aromatic heterocycles. The lowest BCUT2D eigenvalue weighted by atomic mass is 9.98. The van der Waals surface area contributed by atoms with Gasteiger partial charge in [0.05, 0.1) is 18.0 Å². The summed E-state index contributed by atoms with van der Waals surface area (Å²) in [6.45, 7) is 3.56. The molecule has 0 bridgehead atoms. The first kappa shape index (κ1) is 28.8. The van der Waals surface area contributed by atoms with Crippen LogP contribution in [0.2, 0.25) is 5.02 Å². The van der Waals surface area contributed by atoms with Gasteiger partial charge in [0.15, 0.2) is 0 Å². The van der Waals surface area contributed by atoms with Gasteiger partial charge in [-0.25, -0.2) is 9.18 Å².